The van der Waals surface area contributed by atoms with E-state index in [1.54, 1.807) is 0 Å². The molecule has 1 aliphatic rings. The Bertz CT molecular complexity index is 1490. The highest BCUT2D eigenvalue weighted by atomic mass is 16.6. The Morgan fingerprint density at radius 2 is 1.39 bits per heavy atom. The topological polar surface area (TPSA) is 29.5 Å². The number of nitrogens with zero attached hydrogens (tertiary/aromatic N) is 1. The summed E-state index contributed by atoms with van der Waals surface area (Å²) in [6, 6.07) is 36.7. The van der Waals surface area contributed by atoms with Crippen LogP contribution in [-0.2, 0) is 0 Å². The molecule has 0 saturated carbocycles. The lowest BCUT2D eigenvalue weighted by atomic mass is 9.89. The number of carbonyl (C=O) groups excluding carboxylic acids is 1. The highest BCUT2D eigenvalue weighted by Gasteiger charge is 2.39. The van der Waals surface area contributed by atoms with E-state index < -0.39 is 0 Å². The molecule has 2 atom stereocenters. The predicted molar refractivity (Wildman–Crippen MR) is 132 cm³/mol. The molecule has 1 amide bonds. The molecule has 33 heavy (non-hydrogen) atoms. The molecule has 5 aromatic carbocycles. The highest BCUT2D eigenvalue weighted by Crippen LogP contribution is 2.46. The molecule has 160 valence electrons. The molecule has 0 saturated heterocycles. The number of ether oxygens (including phenoxy) is 1. The van der Waals surface area contributed by atoms with Crippen molar-refractivity contribution in [3.63, 3.8) is 0 Å². The standard InChI is InChI=1S/C30H23NO2/c1-20(24-16-15-21-9-5-6-13-25(21)19-24)31-29(23-11-3-2-4-12-23)28-26-14-8-7-10-22(26)17-18-27(28)33-30(31)32/h2-20,29H,1H3/t20-,29?/m1/s1. The minimum absolute atomic E-state index is 0.181. The molecule has 1 aliphatic heterocycles. The van der Waals surface area contributed by atoms with Crippen LogP contribution in [-0.4, -0.2) is 11.0 Å². The van der Waals surface area contributed by atoms with Crippen LogP contribution in [0.3, 0.4) is 0 Å². The zero-order valence-electron chi connectivity index (χ0n) is 18.3. The van der Waals surface area contributed by atoms with Gasteiger partial charge < -0.3 is 4.74 Å². The Morgan fingerprint density at radius 3 is 2.21 bits per heavy atom. The molecule has 0 spiro atoms. The van der Waals surface area contributed by atoms with Crippen LogP contribution in [0.25, 0.3) is 21.5 Å². The lowest BCUT2D eigenvalue weighted by Crippen LogP contribution is -2.43. The maximum atomic E-state index is 13.5. The van der Waals surface area contributed by atoms with Crippen LogP contribution in [0.4, 0.5) is 4.79 Å². The summed E-state index contributed by atoms with van der Waals surface area (Å²) in [6.45, 7) is 2.08. The first-order valence-corrected chi connectivity index (χ1v) is 11.3. The van der Waals surface area contributed by atoms with Gasteiger partial charge in [-0.05, 0) is 51.7 Å². The highest BCUT2D eigenvalue weighted by molar-refractivity contribution is 5.92. The number of benzene rings is 5. The Hall–Kier alpha value is -4.11. The van der Waals surface area contributed by atoms with Gasteiger partial charge in [0.1, 0.15) is 5.75 Å². The third kappa shape index (κ3) is 3.25. The predicted octanol–water partition coefficient (Wildman–Crippen LogP) is 7.66. The average molecular weight is 430 g/mol. The second-order valence-corrected chi connectivity index (χ2v) is 8.57. The van der Waals surface area contributed by atoms with Gasteiger partial charge in [0.05, 0.1) is 12.1 Å². The van der Waals surface area contributed by atoms with E-state index in [-0.39, 0.29) is 18.2 Å². The molecule has 6 rings (SSSR count). The largest absolute Gasteiger partial charge is 0.416 e. The van der Waals surface area contributed by atoms with Gasteiger partial charge in [-0.2, -0.15) is 0 Å². The van der Waals surface area contributed by atoms with E-state index in [1.165, 1.54) is 5.39 Å². The van der Waals surface area contributed by atoms with Gasteiger partial charge >= 0.3 is 6.09 Å². The van der Waals surface area contributed by atoms with Crippen molar-refractivity contribution < 1.29 is 9.53 Å². The Morgan fingerprint density at radius 1 is 0.727 bits per heavy atom. The van der Waals surface area contributed by atoms with Gasteiger partial charge in [0.25, 0.3) is 0 Å². The first kappa shape index (κ1) is 19.6. The van der Waals surface area contributed by atoms with Gasteiger partial charge in [0.2, 0.25) is 0 Å². The average Bonchev–Trinajstić information content (AvgIpc) is 2.87. The third-order valence-corrected chi connectivity index (χ3v) is 6.68. The number of hydrogen-bond acceptors (Lipinski definition) is 2. The van der Waals surface area contributed by atoms with E-state index in [9.17, 15) is 4.79 Å². The van der Waals surface area contributed by atoms with Crippen LogP contribution in [0, 0.1) is 0 Å². The van der Waals surface area contributed by atoms with Crippen LogP contribution in [0.5, 0.6) is 5.75 Å². The zero-order valence-corrected chi connectivity index (χ0v) is 18.3. The fraction of sp³-hybridized carbons (Fsp3) is 0.100. The molecule has 0 aliphatic carbocycles. The molecule has 1 heterocycles. The maximum Gasteiger partial charge on any atom is 0.416 e. The van der Waals surface area contributed by atoms with Gasteiger partial charge in [0, 0.05) is 5.56 Å². The second kappa shape index (κ2) is 7.79. The summed E-state index contributed by atoms with van der Waals surface area (Å²) in [5.41, 5.74) is 3.18. The number of hydrogen-bond donors (Lipinski definition) is 0. The van der Waals surface area contributed by atoms with Crippen LogP contribution < -0.4 is 4.74 Å². The van der Waals surface area contributed by atoms with Crippen molar-refractivity contribution in [3.8, 4) is 5.75 Å². The Kier molecular flexibility index (Phi) is 4.62. The fourth-order valence-electron chi connectivity index (χ4n) is 5.01. The van der Waals surface area contributed by atoms with Crippen molar-refractivity contribution in [1.82, 2.24) is 4.90 Å². The zero-order chi connectivity index (χ0) is 22.4. The first-order chi connectivity index (χ1) is 16.2. The monoisotopic (exact) mass is 429 g/mol. The molecule has 0 aromatic heterocycles. The second-order valence-electron chi connectivity index (χ2n) is 8.57. The maximum absolute atomic E-state index is 13.5. The van der Waals surface area contributed by atoms with Crippen molar-refractivity contribution >= 4 is 27.6 Å². The van der Waals surface area contributed by atoms with Crippen LogP contribution in [0.1, 0.15) is 35.7 Å². The summed E-state index contributed by atoms with van der Waals surface area (Å²) in [4.78, 5) is 15.3. The van der Waals surface area contributed by atoms with Crippen molar-refractivity contribution in [2.45, 2.75) is 19.0 Å². The number of fused-ring (bicyclic) bond motifs is 4. The Labute approximate surface area is 192 Å². The lowest BCUT2D eigenvalue weighted by molar-refractivity contribution is 0.106. The molecule has 0 fully saturated rings. The van der Waals surface area contributed by atoms with Gasteiger partial charge in [-0.3, -0.25) is 4.90 Å². The van der Waals surface area contributed by atoms with Gasteiger partial charge in [-0.1, -0.05) is 97.1 Å². The molecule has 5 aromatic rings. The van der Waals surface area contributed by atoms with Gasteiger partial charge in [0.15, 0.2) is 0 Å². The summed E-state index contributed by atoms with van der Waals surface area (Å²) in [6.07, 6.45) is -0.327. The molecule has 3 heteroatoms. The van der Waals surface area contributed by atoms with Gasteiger partial charge in [-0.15, -0.1) is 0 Å². The van der Waals surface area contributed by atoms with Crippen molar-refractivity contribution in [2.24, 2.45) is 0 Å². The number of amides is 1. The summed E-state index contributed by atoms with van der Waals surface area (Å²) >= 11 is 0. The molecular weight excluding hydrogens is 406 g/mol. The van der Waals surface area contributed by atoms with Gasteiger partial charge in [-0.25, -0.2) is 4.79 Å². The lowest BCUT2D eigenvalue weighted by Gasteiger charge is -2.41. The van der Waals surface area contributed by atoms with E-state index in [2.05, 4.69) is 61.5 Å². The summed E-state index contributed by atoms with van der Waals surface area (Å²) < 4.78 is 5.92. The summed E-state index contributed by atoms with van der Waals surface area (Å²) in [7, 11) is 0. The molecule has 1 unspecified atom stereocenters. The van der Waals surface area contributed by atoms with E-state index in [1.807, 2.05) is 59.5 Å². The summed E-state index contributed by atoms with van der Waals surface area (Å²) in [5, 5.41) is 4.58. The van der Waals surface area contributed by atoms with Crippen molar-refractivity contribution in [1.29, 1.82) is 0 Å². The summed E-state index contributed by atoms with van der Waals surface area (Å²) in [5.74, 6) is 0.634. The minimum atomic E-state index is -0.327. The van der Waals surface area contributed by atoms with E-state index in [0.717, 1.165) is 32.8 Å². The molecular formula is C30H23NO2. The third-order valence-electron chi connectivity index (χ3n) is 6.68. The SMILES string of the molecule is C[C@H](c1ccc2ccccc2c1)N1C(=O)Oc2ccc3ccccc3c2C1c1ccccc1. The van der Waals surface area contributed by atoms with Crippen LogP contribution in [0.2, 0.25) is 0 Å². The smallest absolute Gasteiger partial charge is 0.410 e. The van der Waals surface area contributed by atoms with E-state index in [4.69, 9.17) is 4.74 Å². The van der Waals surface area contributed by atoms with Crippen LogP contribution >= 0.6 is 0 Å². The van der Waals surface area contributed by atoms with Crippen LogP contribution in [0.15, 0.2) is 109 Å². The fourth-order valence-corrected chi connectivity index (χ4v) is 5.01. The van der Waals surface area contributed by atoms with E-state index in [0.29, 0.717) is 5.75 Å². The Balaban J connectivity index is 1.56. The normalized spacial score (nSPS) is 16.5. The quantitative estimate of drug-likeness (QED) is 0.295. The van der Waals surface area contributed by atoms with Crippen molar-refractivity contribution in [3.05, 3.63) is 126 Å². The molecule has 0 N–H and O–H groups in total. The molecule has 3 nitrogen and oxygen atoms in total. The minimum Gasteiger partial charge on any atom is -0.410 e. The number of rotatable bonds is 3. The molecule has 0 radical (unpaired) electrons. The molecule has 0 bridgehead atoms. The van der Waals surface area contributed by atoms with E-state index >= 15 is 0 Å². The number of carbonyl (C=O) groups is 1. The first-order valence-electron chi connectivity index (χ1n) is 11.3. The van der Waals surface area contributed by atoms with Crippen molar-refractivity contribution in [2.75, 3.05) is 0 Å².